The summed E-state index contributed by atoms with van der Waals surface area (Å²) in [5.41, 5.74) is 3.41. The summed E-state index contributed by atoms with van der Waals surface area (Å²) in [5.74, 6) is -0.456. The van der Waals surface area contributed by atoms with Gasteiger partial charge in [0.15, 0.2) is 0 Å². The van der Waals surface area contributed by atoms with E-state index in [-0.39, 0.29) is 11.8 Å². The number of hydrogen-bond acceptors (Lipinski definition) is 3. The number of anilines is 1. The van der Waals surface area contributed by atoms with E-state index in [0.29, 0.717) is 17.9 Å². The van der Waals surface area contributed by atoms with Crippen LogP contribution in [0, 0.1) is 0 Å². The molecule has 0 heterocycles. The van der Waals surface area contributed by atoms with E-state index in [9.17, 15) is 9.59 Å². The maximum Gasteiger partial charge on any atom is 0.274 e. The summed E-state index contributed by atoms with van der Waals surface area (Å²) >= 11 is 0. The molecule has 0 fully saturated rings. The third kappa shape index (κ3) is 3.70. The van der Waals surface area contributed by atoms with E-state index in [2.05, 4.69) is 10.8 Å². The number of benzene rings is 1. The SMILES string of the molecule is CCONC(=O)c1ccc(NC(C)=O)cc1. The minimum Gasteiger partial charge on any atom is -0.326 e. The van der Waals surface area contributed by atoms with Crippen LogP contribution >= 0.6 is 0 Å². The summed E-state index contributed by atoms with van der Waals surface area (Å²) in [6.07, 6.45) is 0. The van der Waals surface area contributed by atoms with Crippen molar-refractivity contribution in [3.05, 3.63) is 29.8 Å². The molecule has 1 aromatic carbocycles. The fourth-order valence-corrected chi connectivity index (χ4v) is 1.10. The van der Waals surface area contributed by atoms with Gasteiger partial charge < -0.3 is 5.32 Å². The van der Waals surface area contributed by atoms with Gasteiger partial charge in [0, 0.05) is 18.2 Å². The van der Waals surface area contributed by atoms with Crippen molar-refractivity contribution in [1.29, 1.82) is 0 Å². The van der Waals surface area contributed by atoms with Gasteiger partial charge in [0.2, 0.25) is 5.91 Å². The third-order valence-electron chi connectivity index (χ3n) is 1.78. The molecule has 0 saturated carbocycles. The first-order chi connectivity index (χ1) is 7.63. The number of hydroxylamine groups is 1. The first-order valence-electron chi connectivity index (χ1n) is 4.93. The highest BCUT2D eigenvalue weighted by molar-refractivity contribution is 5.94. The van der Waals surface area contributed by atoms with Crippen LogP contribution < -0.4 is 10.8 Å². The van der Waals surface area contributed by atoms with Crippen molar-refractivity contribution in [1.82, 2.24) is 5.48 Å². The monoisotopic (exact) mass is 222 g/mol. The van der Waals surface area contributed by atoms with Gasteiger partial charge in [-0.25, -0.2) is 5.48 Å². The Hall–Kier alpha value is -1.88. The lowest BCUT2D eigenvalue weighted by Crippen LogP contribution is -2.23. The van der Waals surface area contributed by atoms with E-state index in [0.717, 1.165) is 0 Å². The van der Waals surface area contributed by atoms with Crippen LogP contribution in [0.15, 0.2) is 24.3 Å². The van der Waals surface area contributed by atoms with Crippen molar-refractivity contribution < 1.29 is 14.4 Å². The lowest BCUT2D eigenvalue weighted by molar-refractivity contribution is -0.114. The van der Waals surface area contributed by atoms with Gasteiger partial charge in [-0.15, -0.1) is 0 Å². The van der Waals surface area contributed by atoms with Crippen LogP contribution in [0.25, 0.3) is 0 Å². The predicted molar refractivity (Wildman–Crippen MR) is 59.8 cm³/mol. The van der Waals surface area contributed by atoms with E-state index in [1.54, 1.807) is 31.2 Å². The molecule has 0 saturated heterocycles. The van der Waals surface area contributed by atoms with Gasteiger partial charge in [-0.1, -0.05) is 0 Å². The van der Waals surface area contributed by atoms with Crippen LogP contribution in [0.3, 0.4) is 0 Å². The number of rotatable bonds is 4. The highest BCUT2D eigenvalue weighted by atomic mass is 16.6. The fraction of sp³-hybridized carbons (Fsp3) is 0.273. The third-order valence-corrected chi connectivity index (χ3v) is 1.78. The first kappa shape index (κ1) is 12.2. The van der Waals surface area contributed by atoms with Crippen molar-refractivity contribution >= 4 is 17.5 Å². The van der Waals surface area contributed by atoms with E-state index < -0.39 is 0 Å². The second-order valence-electron chi connectivity index (χ2n) is 3.12. The molecule has 0 aromatic heterocycles. The number of amides is 2. The molecule has 0 atom stereocenters. The summed E-state index contributed by atoms with van der Waals surface area (Å²) in [7, 11) is 0. The molecule has 86 valence electrons. The Morgan fingerprint density at radius 1 is 1.25 bits per heavy atom. The van der Waals surface area contributed by atoms with Gasteiger partial charge in [-0.3, -0.25) is 14.4 Å². The molecule has 16 heavy (non-hydrogen) atoms. The smallest absolute Gasteiger partial charge is 0.274 e. The quantitative estimate of drug-likeness (QED) is 0.755. The summed E-state index contributed by atoms with van der Waals surface area (Å²) < 4.78 is 0. The lowest BCUT2D eigenvalue weighted by atomic mass is 10.2. The van der Waals surface area contributed by atoms with Gasteiger partial charge in [0.05, 0.1) is 6.61 Å². The minimum absolute atomic E-state index is 0.147. The van der Waals surface area contributed by atoms with Gasteiger partial charge >= 0.3 is 0 Å². The Morgan fingerprint density at radius 3 is 2.38 bits per heavy atom. The molecular formula is C11H14N2O3. The van der Waals surface area contributed by atoms with E-state index in [1.165, 1.54) is 6.92 Å². The standard InChI is InChI=1S/C11H14N2O3/c1-3-16-13-11(15)9-4-6-10(7-5-9)12-8(2)14/h4-7H,3H2,1-2H3,(H,12,14)(H,13,15). The highest BCUT2D eigenvalue weighted by Gasteiger charge is 2.04. The van der Waals surface area contributed by atoms with E-state index in [1.807, 2.05) is 0 Å². The zero-order valence-electron chi connectivity index (χ0n) is 9.24. The number of nitrogens with one attached hydrogen (secondary N) is 2. The van der Waals surface area contributed by atoms with Crippen molar-refractivity contribution in [2.45, 2.75) is 13.8 Å². The summed E-state index contributed by atoms with van der Waals surface area (Å²) in [4.78, 5) is 27.0. The molecule has 0 radical (unpaired) electrons. The molecule has 5 nitrogen and oxygen atoms in total. The van der Waals surface area contributed by atoms with Crippen LogP contribution in [0.2, 0.25) is 0 Å². The van der Waals surface area contributed by atoms with Gasteiger partial charge in [-0.05, 0) is 31.2 Å². The topological polar surface area (TPSA) is 67.4 Å². The number of carbonyl (C=O) groups is 2. The normalized spacial score (nSPS) is 9.62. The number of hydrogen-bond donors (Lipinski definition) is 2. The lowest BCUT2D eigenvalue weighted by Gasteiger charge is -2.05. The minimum atomic E-state index is -0.309. The molecule has 0 aliphatic rings. The Balaban J connectivity index is 2.63. The summed E-state index contributed by atoms with van der Waals surface area (Å²) in [6, 6.07) is 6.53. The molecule has 0 aliphatic heterocycles. The van der Waals surface area contributed by atoms with Gasteiger partial charge in [0.1, 0.15) is 0 Å². The second kappa shape index (κ2) is 5.87. The Bertz CT molecular complexity index is 373. The molecular weight excluding hydrogens is 208 g/mol. The molecule has 5 heteroatoms. The molecule has 1 aromatic rings. The molecule has 2 amide bonds. The average Bonchev–Trinajstić information content (AvgIpc) is 2.26. The Morgan fingerprint density at radius 2 is 1.88 bits per heavy atom. The molecule has 2 N–H and O–H groups in total. The van der Waals surface area contributed by atoms with Crippen LogP contribution in [-0.2, 0) is 9.63 Å². The largest absolute Gasteiger partial charge is 0.326 e. The van der Waals surface area contributed by atoms with Crippen molar-refractivity contribution in [2.75, 3.05) is 11.9 Å². The Kier molecular flexibility index (Phi) is 4.47. The van der Waals surface area contributed by atoms with Gasteiger partial charge in [0.25, 0.3) is 5.91 Å². The molecule has 0 bridgehead atoms. The van der Waals surface area contributed by atoms with Crippen molar-refractivity contribution in [3.63, 3.8) is 0 Å². The summed E-state index contributed by atoms with van der Waals surface area (Å²) in [5, 5.41) is 2.61. The molecule has 1 rings (SSSR count). The van der Waals surface area contributed by atoms with Gasteiger partial charge in [-0.2, -0.15) is 0 Å². The average molecular weight is 222 g/mol. The van der Waals surface area contributed by atoms with E-state index in [4.69, 9.17) is 4.84 Å². The maximum atomic E-state index is 11.4. The zero-order chi connectivity index (χ0) is 12.0. The van der Waals surface area contributed by atoms with E-state index >= 15 is 0 Å². The Labute approximate surface area is 93.7 Å². The van der Waals surface area contributed by atoms with Crippen LogP contribution in [0.4, 0.5) is 5.69 Å². The molecule has 0 spiro atoms. The van der Waals surface area contributed by atoms with Crippen LogP contribution in [-0.4, -0.2) is 18.4 Å². The molecule has 0 aliphatic carbocycles. The van der Waals surface area contributed by atoms with Crippen LogP contribution in [0.5, 0.6) is 0 Å². The van der Waals surface area contributed by atoms with Crippen molar-refractivity contribution in [3.8, 4) is 0 Å². The van der Waals surface area contributed by atoms with Crippen LogP contribution in [0.1, 0.15) is 24.2 Å². The highest BCUT2D eigenvalue weighted by Crippen LogP contribution is 2.09. The predicted octanol–water partition coefficient (Wildman–Crippen LogP) is 1.33. The zero-order valence-corrected chi connectivity index (χ0v) is 9.24. The number of carbonyl (C=O) groups excluding carboxylic acids is 2. The summed E-state index contributed by atoms with van der Waals surface area (Å²) in [6.45, 7) is 3.62. The fourth-order valence-electron chi connectivity index (χ4n) is 1.10. The maximum absolute atomic E-state index is 11.4. The van der Waals surface area contributed by atoms with Crippen molar-refractivity contribution in [2.24, 2.45) is 0 Å². The first-order valence-corrected chi connectivity index (χ1v) is 4.93. The molecule has 0 unspecified atom stereocenters. The second-order valence-corrected chi connectivity index (χ2v) is 3.12.